The summed E-state index contributed by atoms with van der Waals surface area (Å²) >= 11 is 0. The zero-order chi connectivity index (χ0) is 22.9. The van der Waals surface area contributed by atoms with Gasteiger partial charge < -0.3 is 19.7 Å². The SMILES string of the molecule is CCOc1ccc(C(=O)N2CCC(NC(=O)COc3ccccc3C(C)CC)CC2)cc1. The minimum Gasteiger partial charge on any atom is -0.494 e. The Morgan fingerprint density at radius 1 is 1.03 bits per heavy atom. The number of likely N-dealkylation sites (tertiary alicyclic amines) is 1. The first-order valence-corrected chi connectivity index (χ1v) is 11.5. The van der Waals surface area contributed by atoms with Crippen LogP contribution in [0.15, 0.2) is 48.5 Å². The third kappa shape index (κ3) is 6.25. The normalized spacial score (nSPS) is 15.2. The highest BCUT2D eigenvalue weighted by molar-refractivity contribution is 5.94. The van der Waals surface area contributed by atoms with Gasteiger partial charge in [-0.25, -0.2) is 0 Å². The zero-order valence-electron chi connectivity index (χ0n) is 19.3. The Hall–Kier alpha value is -3.02. The van der Waals surface area contributed by atoms with Crippen molar-refractivity contribution in [3.8, 4) is 11.5 Å². The first kappa shape index (κ1) is 23.6. The van der Waals surface area contributed by atoms with Gasteiger partial charge in [-0.15, -0.1) is 0 Å². The summed E-state index contributed by atoms with van der Waals surface area (Å²) in [4.78, 5) is 27.0. The van der Waals surface area contributed by atoms with Crippen LogP contribution in [0, 0.1) is 0 Å². The highest BCUT2D eigenvalue weighted by Gasteiger charge is 2.25. The molecule has 32 heavy (non-hydrogen) atoms. The summed E-state index contributed by atoms with van der Waals surface area (Å²) in [6.45, 7) is 8.07. The maximum atomic E-state index is 12.7. The van der Waals surface area contributed by atoms with E-state index in [1.807, 2.05) is 42.2 Å². The summed E-state index contributed by atoms with van der Waals surface area (Å²) in [6, 6.07) is 15.2. The highest BCUT2D eigenvalue weighted by atomic mass is 16.5. The number of nitrogens with one attached hydrogen (secondary N) is 1. The molecule has 0 radical (unpaired) electrons. The molecule has 0 aliphatic carbocycles. The van der Waals surface area contributed by atoms with E-state index < -0.39 is 0 Å². The van der Waals surface area contributed by atoms with E-state index in [9.17, 15) is 9.59 Å². The Morgan fingerprint density at radius 2 is 1.72 bits per heavy atom. The van der Waals surface area contributed by atoms with E-state index in [1.165, 1.54) is 0 Å². The van der Waals surface area contributed by atoms with Gasteiger partial charge in [0.2, 0.25) is 0 Å². The quantitative estimate of drug-likeness (QED) is 0.630. The van der Waals surface area contributed by atoms with Crippen molar-refractivity contribution in [2.75, 3.05) is 26.3 Å². The summed E-state index contributed by atoms with van der Waals surface area (Å²) < 4.78 is 11.3. The summed E-state index contributed by atoms with van der Waals surface area (Å²) in [6.07, 6.45) is 2.48. The molecule has 0 aromatic heterocycles. The first-order chi connectivity index (χ1) is 15.5. The van der Waals surface area contributed by atoms with Crippen LogP contribution >= 0.6 is 0 Å². The van der Waals surface area contributed by atoms with E-state index >= 15 is 0 Å². The van der Waals surface area contributed by atoms with E-state index in [0.29, 0.717) is 31.2 Å². The number of benzene rings is 2. The molecule has 2 aromatic carbocycles. The van der Waals surface area contributed by atoms with Crippen molar-refractivity contribution < 1.29 is 19.1 Å². The lowest BCUT2D eigenvalue weighted by Gasteiger charge is -2.32. The van der Waals surface area contributed by atoms with Crippen molar-refractivity contribution in [2.24, 2.45) is 0 Å². The minimum absolute atomic E-state index is 0.00122. The van der Waals surface area contributed by atoms with Crippen LogP contribution in [-0.4, -0.2) is 49.1 Å². The minimum atomic E-state index is -0.125. The smallest absolute Gasteiger partial charge is 0.258 e. The first-order valence-electron chi connectivity index (χ1n) is 11.5. The molecular formula is C26H34N2O4. The van der Waals surface area contributed by atoms with Gasteiger partial charge in [0.1, 0.15) is 11.5 Å². The van der Waals surface area contributed by atoms with E-state index in [1.54, 1.807) is 12.1 Å². The number of rotatable bonds is 9. The summed E-state index contributed by atoms with van der Waals surface area (Å²) in [5.41, 5.74) is 1.79. The molecule has 2 aromatic rings. The maximum absolute atomic E-state index is 12.7. The summed E-state index contributed by atoms with van der Waals surface area (Å²) in [5.74, 6) is 1.81. The molecule has 0 saturated carbocycles. The summed E-state index contributed by atoms with van der Waals surface area (Å²) in [5, 5.41) is 3.05. The molecule has 1 heterocycles. The van der Waals surface area contributed by atoms with Crippen molar-refractivity contribution >= 4 is 11.8 Å². The number of carbonyl (C=O) groups excluding carboxylic acids is 2. The largest absolute Gasteiger partial charge is 0.494 e. The van der Waals surface area contributed by atoms with Crippen molar-refractivity contribution in [3.05, 3.63) is 59.7 Å². The van der Waals surface area contributed by atoms with Gasteiger partial charge in [-0.05, 0) is 68.0 Å². The van der Waals surface area contributed by atoms with E-state index in [2.05, 4.69) is 25.2 Å². The van der Waals surface area contributed by atoms with Gasteiger partial charge >= 0.3 is 0 Å². The number of nitrogens with zero attached hydrogens (tertiary/aromatic N) is 1. The lowest BCUT2D eigenvalue weighted by atomic mass is 9.98. The molecule has 1 unspecified atom stereocenters. The van der Waals surface area contributed by atoms with Crippen LogP contribution in [-0.2, 0) is 4.79 Å². The number of ether oxygens (including phenoxy) is 2. The molecular weight excluding hydrogens is 404 g/mol. The molecule has 3 rings (SSSR count). The molecule has 2 amide bonds. The van der Waals surface area contributed by atoms with Crippen LogP contribution in [0.2, 0.25) is 0 Å². The lowest BCUT2D eigenvalue weighted by molar-refractivity contribution is -0.124. The average Bonchev–Trinajstić information content (AvgIpc) is 2.83. The van der Waals surface area contributed by atoms with Crippen molar-refractivity contribution in [3.63, 3.8) is 0 Å². The molecule has 1 N–H and O–H groups in total. The van der Waals surface area contributed by atoms with Gasteiger partial charge in [-0.2, -0.15) is 0 Å². The lowest BCUT2D eigenvalue weighted by Crippen LogP contribution is -2.47. The number of piperidine rings is 1. The third-order valence-corrected chi connectivity index (χ3v) is 5.98. The Kier molecular flexibility index (Phi) is 8.54. The Bertz CT molecular complexity index is 889. The third-order valence-electron chi connectivity index (χ3n) is 5.98. The van der Waals surface area contributed by atoms with E-state index in [4.69, 9.17) is 9.47 Å². The molecule has 6 heteroatoms. The van der Waals surface area contributed by atoms with E-state index in [0.717, 1.165) is 36.3 Å². The predicted octanol–water partition coefficient (Wildman–Crippen LogP) is 4.40. The molecule has 1 fully saturated rings. The number of carbonyl (C=O) groups is 2. The van der Waals surface area contributed by atoms with Crippen molar-refractivity contribution in [1.82, 2.24) is 10.2 Å². The fourth-order valence-electron chi connectivity index (χ4n) is 3.92. The number of para-hydroxylation sites is 1. The molecule has 172 valence electrons. The number of hydrogen-bond acceptors (Lipinski definition) is 4. The fraction of sp³-hybridized carbons (Fsp3) is 0.462. The highest BCUT2D eigenvalue weighted by Crippen LogP contribution is 2.28. The molecule has 0 bridgehead atoms. The van der Waals surface area contributed by atoms with E-state index in [-0.39, 0.29) is 24.5 Å². The molecule has 1 saturated heterocycles. The van der Waals surface area contributed by atoms with Crippen molar-refractivity contribution in [2.45, 2.75) is 52.0 Å². The van der Waals surface area contributed by atoms with Gasteiger partial charge in [0.25, 0.3) is 11.8 Å². The maximum Gasteiger partial charge on any atom is 0.258 e. The van der Waals surface area contributed by atoms with Gasteiger partial charge in [0, 0.05) is 24.7 Å². The van der Waals surface area contributed by atoms with Crippen LogP contribution in [0.4, 0.5) is 0 Å². The number of amides is 2. The standard InChI is InChI=1S/C26H34N2O4/c1-4-19(3)23-8-6-7-9-24(23)32-18-25(29)27-21-14-16-28(17-15-21)26(30)20-10-12-22(13-11-20)31-5-2/h6-13,19,21H,4-5,14-18H2,1-3H3,(H,27,29). The van der Waals surface area contributed by atoms with Crippen LogP contribution in [0.25, 0.3) is 0 Å². The molecule has 1 aliphatic rings. The number of hydrogen-bond donors (Lipinski definition) is 1. The Balaban J connectivity index is 1.45. The summed E-state index contributed by atoms with van der Waals surface area (Å²) in [7, 11) is 0. The Labute approximate surface area is 190 Å². The molecule has 1 aliphatic heterocycles. The van der Waals surface area contributed by atoms with Gasteiger partial charge in [0.15, 0.2) is 6.61 Å². The second-order valence-electron chi connectivity index (χ2n) is 8.23. The molecule has 0 spiro atoms. The molecule has 6 nitrogen and oxygen atoms in total. The average molecular weight is 439 g/mol. The van der Waals surface area contributed by atoms with Gasteiger partial charge in [0.05, 0.1) is 6.61 Å². The van der Waals surface area contributed by atoms with Gasteiger partial charge in [-0.1, -0.05) is 32.0 Å². The van der Waals surface area contributed by atoms with Crippen molar-refractivity contribution in [1.29, 1.82) is 0 Å². The zero-order valence-corrected chi connectivity index (χ0v) is 19.3. The second-order valence-corrected chi connectivity index (χ2v) is 8.23. The van der Waals surface area contributed by atoms with Crippen LogP contribution < -0.4 is 14.8 Å². The van der Waals surface area contributed by atoms with Crippen LogP contribution in [0.3, 0.4) is 0 Å². The Morgan fingerprint density at radius 3 is 2.38 bits per heavy atom. The topological polar surface area (TPSA) is 67.9 Å². The van der Waals surface area contributed by atoms with Crippen LogP contribution in [0.5, 0.6) is 11.5 Å². The fourth-order valence-corrected chi connectivity index (χ4v) is 3.92. The second kappa shape index (κ2) is 11.6. The predicted molar refractivity (Wildman–Crippen MR) is 125 cm³/mol. The monoisotopic (exact) mass is 438 g/mol. The van der Waals surface area contributed by atoms with Gasteiger partial charge in [-0.3, -0.25) is 9.59 Å². The van der Waals surface area contributed by atoms with Crippen LogP contribution in [0.1, 0.15) is 61.9 Å². The molecule has 1 atom stereocenters.